The smallest absolute Gasteiger partial charge is 0.131 e. The standard InChI is InChI=1S/C56H56O2/c1-3-5-12-38-37(4-2)47-27-33(19-23-45(47)42-16-8-6-13-39(38)42)35-21-25-53-49(29-35)51-31-56-52(32-55(51)57-53)50-30-36(22-26-54(50)58-56)34-20-24-46-43-17-9-7-14-40(43)41-15-10-11-18-44(41)48(46)28-34/h4-10,12-17,19-20,22,24,26-28,31-32,35-45,51,55H,2-3,11,18,21,23,25,29-30H2,1H3/b12-5-. The van der Waals surface area contributed by atoms with Gasteiger partial charge in [0, 0.05) is 40.9 Å². The third kappa shape index (κ3) is 5.42. The molecule has 0 radical (unpaired) electrons. The van der Waals surface area contributed by atoms with Crippen molar-refractivity contribution in [3.8, 4) is 0 Å². The van der Waals surface area contributed by atoms with E-state index in [-0.39, 0.29) is 12.0 Å². The van der Waals surface area contributed by atoms with Crippen molar-refractivity contribution in [1.29, 1.82) is 0 Å². The summed E-state index contributed by atoms with van der Waals surface area (Å²) in [7, 11) is 0. The van der Waals surface area contributed by atoms with E-state index in [1.807, 2.05) is 0 Å². The molecule has 0 bridgehead atoms. The van der Waals surface area contributed by atoms with Crippen LogP contribution in [0.5, 0.6) is 0 Å². The van der Waals surface area contributed by atoms with Crippen LogP contribution in [-0.2, 0) is 11.2 Å². The number of benzene rings is 1. The molecule has 2 heterocycles. The lowest BCUT2D eigenvalue weighted by molar-refractivity contribution is 0.170. The van der Waals surface area contributed by atoms with Crippen molar-refractivity contribution in [2.45, 2.75) is 82.1 Å². The van der Waals surface area contributed by atoms with Crippen molar-refractivity contribution in [2.75, 3.05) is 0 Å². The summed E-state index contributed by atoms with van der Waals surface area (Å²) in [6.07, 6.45) is 54.8. The maximum absolute atomic E-state index is 6.87. The van der Waals surface area contributed by atoms with Crippen LogP contribution in [0.15, 0.2) is 149 Å². The van der Waals surface area contributed by atoms with Gasteiger partial charge in [0.25, 0.3) is 0 Å². The normalized spacial score (nSPS) is 38.0. The SMILES string of the molecule is C=CC1C2=CC(C3CCC4=C(C3)C3C=c5oc6c(c5=CC3O4)CC(c3ccc4c(c3)C3CCC=CC3C3C=CC=CC43)C=C6)=CCC2C2C=CC=CC2C1/C=C\CC. The van der Waals surface area contributed by atoms with E-state index in [9.17, 15) is 0 Å². The van der Waals surface area contributed by atoms with E-state index in [0.29, 0.717) is 65.1 Å². The van der Waals surface area contributed by atoms with Gasteiger partial charge in [-0.1, -0.05) is 128 Å². The lowest BCUT2D eigenvalue weighted by Crippen LogP contribution is -2.40. The molecule has 0 N–H and O–H groups in total. The molecule has 2 heteroatoms. The lowest BCUT2D eigenvalue weighted by atomic mass is 9.56. The van der Waals surface area contributed by atoms with Gasteiger partial charge in [-0.15, -0.1) is 6.58 Å². The second kappa shape index (κ2) is 13.9. The molecule has 58 heavy (non-hydrogen) atoms. The van der Waals surface area contributed by atoms with Gasteiger partial charge in [-0.05, 0) is 138 Å². The Labute approximate surface area is 344 Å². The summed E-state index contributed by atoms with van der Waals surface area (Å²) in [5.41, 5.74) is 11.7. The van der Waals surface area contributed by atoms with E-state index in [4.69, 9.17) is 9.15 Å². The third-order valence-corrected chi connectivity index (χ3v) is 16.3. The Hall–Kier alpha value is -4.82. The maximum Gasteiger partial charge on any atom is 0.131 e. The molecule has 10 aliphatic rings. The van der Waals surface area contributed by atoms with Gasteiger partial charge in [0.05, 0.1) is 5.76 Å². The summed E-state index contributed by atoms with van der Waals surface area (Å²) < 4.78 is 13.6. The molecule has 0 saturated heterocycles. The second-order valence-corrected chi connectivity index (χ2v) is 19.0. The Morgan fingerprint density at radius 1 is 0.845 bits per heavy atom. The van der Waals surface area contributed by atoms with E-state index in [1.165, 1.54) is 40.5 Å². The molecule has 13 unspecified atom stereocenters. The summed E-state index contributed by atoms with van der Waals surface area (Å²) in [5, 5.41) is 1.27. The predicted octanol–water partition coefficient (Wildman–Crippen LogP) is 11.8. The average molecular weight is 761 g/mol. The number of allylic oxidation sites excluding steroid dienone is 19. The van der Waals surface area contributed by atoms with E-state index in [2.05, 4.69) is 147 Å². The van der Waals surface area contributed by atoms with Crippen molar-refractivity contribution >= 4 is 18.2 Å². The number of furan rings is 1. The van der Waals surface area contributed by atoms with Crippen molar-refractivity contribution in [1.82, 2.24) is 0 Å². The van der Waals surface area contributed by atoms with Gasteiger partial charge in [0.1, 0.15) is 17.3 Å². The largest absolute Gasteiger partial charge is 0.490 e. The highest BCUT2D eigenvalue weighted by Gasteiger charge is 2.46. The Balaban J connectivity index is 0.800. The van der Waals surface area contributed by atoms with Crippen molar-refractivity contribution < 1.29 is 9.15 Å². The molecule has 2 nitrogen and oxygen atoms in total. The molecule has 1 aromatic heterocycles. The summed E-state index contributed by atoms with van der Waals surface area (Å²) in [5.74, 6) is 8.22. The molecule has 1 aromatic carbocycles. The molecule has 1 aliphatic heterocycles. The van der Waals surface area contributed by atoms with Crippen LogP contribution < -0.4 is 10.6 Å². The van der Waals surface area contributed by atoms with Crippen LogP contribution in [0.4, 0.5) is 0 Å². The summed E-state index contributed by atoms with van der Waals surface area (Å²) in [4.78, 5) is 0. The fourth-order valence-electron chi connectivity index (χ4n) is 13.5. The highest BCUT2D eigenvalue weighted by atomic mass is 16.5. The van der Waals surface area contributed by atoms with Crippen LogP contribution in [0, 0.1) is 53.3 Å². The minimum atomic E-state index is 0.0635. The van der Waals surface area contributed by atoms with Gasteiger partial charge in [-0.25, -0.2) is 0 Å². The number of hydrogen-bond donors (Lipinski definition) is 0. The molecular weight excluding hydrogens is 705 g/mol. The zero-order chi connectivity index (χ0) is 38.5. The topological polar surface area (TPSA) is 22.4 Å². The molecule has 13 atom stereocenters. The zero-order valence-electron chi connectivity index (χ0n) is 33.9. The van der Waals surface area contributed by atoms with Crippen LogP contribution >= 0.6 is 0 Å². The molecule has 0 amide bonds. The first-order valence-electron chi connectivity index (χ1n) is 22.8. The quantitative estimate of drug-likeness (QED) is 0.283. The second-order valence-electron chi connectivity index (χ2n) is 19.0. The summed E-state index contributed by atoms with van der Waals surface area (Å²) >= 11 is 0. The van der Waals surface area contributed by atoms with Gasteiger partial charge in [0.2, 0.25) is 0 Å². The molecule has 9 aliphatic carbocycles. The minimum absolute atomic E-state index is 0.0635. The van der Waals surface area contributed by atoms with Crippen LogP contribution in [0.1, 0.15) is 97.6 Å². The minimum Gasteiger partial charge on any atom is -0.490 e. The number of rotatable bonds is 5. The van der Waals surface area contributed by atoms with E-state index < -0.39 is 0 Å². The highest BCUT2D eigenvalue weighted by Crippen LogP contribution is 2.55. The molecule has 1 fully saturated rings. The van der Waals surface area contributed by atoms with Crippen LogP contribution in [0.2, 0.25) is 0 Å². The van der Waals surface area contributed by atoms with Crippen LogP contribution in [-0.4, -0.2) is 6.10 Å². The zero-order valence-corrected chi connectivity index (χ0v) is 33.9. The van der Waals surface area contributed by atoms with Crippen LogP contribution in [0.25, 0.3) is 18.2 Å². The van der Waals surface area contributed by atoms with Gasteiger partial charge >= 0.3 is 0 Å². The van der Waals surface area contributed by atoms with Gasteiger partial charge in [0.15, 0.2) is 0 Å². The van der Waals surface area contributed by atoms with Gasteiger partial charge in [-0.2, -0.15) is 0 Å². The summed E-state index contributed by atoms with van der Waals surface area (Å²) in [6.45, 7) is 6.66. The molecule has 1 saturated carbocycles. The first-order chi connectivity index (χ1) is 28.6. The van der Waals surface area contributed by atoms with E-state index >= 15 is 0 Å². The fourth-order valence-corrected chi connectivity index (χ4v) is 13.5. The fraction of sp³-hybridized carbons (Fsp3) is 0.393. The molecule has 0 spiro atoms. The highest BCUT2D eigenvalue weighted by molar-refractivity contribution is 5.61. The number of hydrogen-bond acceptors (Lipinski definition) is 2. The molecule has 292 valence electrons. The van der Waals surface area contributed by atoms with E-state index in [1.54, 1.807) is 22.3 Å². The first kappa shape index (κ1) is 35.2. The monoisotopic (exact) mass is 760 g/mol. The van der Waals surface area contributed by atoms with Gasteiger partial charge < -0.3 is 9.15 Å². The molecule has 12 rings (SSSR count). The Kier molecular flexibility index (Phi) is 8.42. The van der Waals surface area contributed by atoms with Gasteiger partial charge in [-0.3, -0.25) is 0 Å². The average Bonchev–Trinajstić information content (AvgIpc) is 3.83. The molecular formula is C56H56O2. The Morgan fingerprint density at radius 2 is 1.71 bits per heavy atom. The number of ether oxygens (including phenoxy) is 1. The Morgan fingerprint density at radius 3 is 2.60 bits per heavy atom. The Bertz CT molecular complexity index is 2510. The maximum atomic E-state index is 6.87. The molecule has 2 aromatic rings. The number of fused-ring (bicyclic) bond motifs is 14. The summed E-state index contributed by atoms with van der Waals surface area (Å²) in [6, 6.07) is 7.50. The van der Waals surface area contributed by atoms with Crippen molar-refractivity contribution in [2.24, 2.45) is 53.3 Å². The van der Waals surface area contributed by atoms with Crippen molar-refractivity contribution in [3.63, 3.8) is 0 Å². The van der Waals surface area contributed by atoms with Crippen molar-refractivity contribution in [3.05, 3.63) is 183 Å². The van der Waals surface area contributed by atoms with E-state index in [0.717, 1.165) is 49.7 Å². The lowest BCUT2D eigenvalue weighted by Gasteiger charge is -2.48. The third-order valence-electron chi connectivity index (χ3n) is 16.3. The first-order valence-corrected chi connectivity index (χ1v) is 22.8. The van der Waals surface area contributed by atoms with Crippen LogP contribution in [0.3, 0.4) is 0 Å². The predicted molar refractivity (Wildman–Crippen MR) is 237 cm³/mol.